The summed E-state index contributed by atoms with van der Waals surface area (Å²) in [5.74, 6) is 0.596. The highest BCUT2D eigenvalue weighted by Gasteiger charge is 2.55. The summed E-state index contributed by atoms with van der Waals surface area (Å²) in [7, 11) is 0. The summed E-state index contributed by atoms with van der Waals surface area (Å²) in [5, 5.41) is 15.4. The second-order valence-electron chi connectivity index (χ2n) is 9.43. The standard InChI is InChI=1S/C27H20FN5OS/c1-27(12-20-16-7-3-5-9-19(16)23(27)33-14-29-32-24(20)33)25(34)31-26-30-22(13-35-26)18-10-11-21(28)17-8-4-2-6-15(17)18/h2-11,13-14,20,23H,12H2,1H3,(H,30,31,34). The number of halogens is 1. The number of nitrogens with zero attached hydrogens (tertiary/aromatic N) is 4. The Bertz CT molecular complexity index is 1640. The molecule has 35 heavy (non-hydrogen) atoms. The fourth-order valence-electron chi connectivity index (χ4n) is 5.85. The highest BCUT2D eigenvalue weighted by Crippen LogP contribution is 2.57. The number of carbonyl (C=O) groups is 1. The van der Waals surface area contributed by atoms with E-state index in [0.29, 0.717) is 22.6 Å². The quantitative estimate of drug-likeness (QED) is 0.355. The molecule has 2 bridgehead atoms. The van der Waals surface area contributed by atoms with Crippen molar-refractivity contribution in [2.24, 2.45) is 5.41 Å². The third-order valence-electron chi connectivity index (χ3n) is 7.48. The number of hydrogen-bond acceptors (Lipinski definition) is 5. The Balaban J connectivity index is 1.23. The molecule has 3 unspecified atom stereocenters. The molecule has 0 radical (unpaired) electrons. The fraction of sp³-hybridized carbons (Fsp3) is 0.185. The van der Waals surface area contributed by atoms with Crippen LogP contribution in [0.1, 0.15) is 42.3 Å². The number of carbonyl (C=O) groups excluding carboxylic acids is 1. The predicted molar refractivity (Wildman–Crippen MR) is 133 cm³/mol. The maximum absolute atomic E-state index is 14.3. The van der Waals surface area contributed by atoms with Crippen LogP contribution in [0.2, 0.25) is 0 Å². The average Bonchev–Trinajstić information content (AvgIpc) is 3.55. The first-order chi connectivity index (χ1) is 17.0. The van der Waals surface area contributed by atoms with Crippen molar-refractivity contribution in [2.45, 2.75) is 25.3 Å². The molecule has 5 aromatic rings. The molecule has 0 saturated heterocycles. The van der Waals surface area contributed by atoms with E-state index in [1.54, 1.807) is 18.5 Å². The lowest BCUT2D eigenvalue weighted by Gasteiger charge is -2.49. The summed E-state index contributed by atoms with van der Waals surface area (Å²) in [6.07, 6.45) is 2.38. The van der Waals surface area contributed by atoms with Crippen LogP contribution in [0.3, 0.4) is 0 Å². The molecule has 4 heterocycles. The number of anilines is 1. The van der Waals surface area contributed by atoms with E-state index in [4.69, 9.17) is 4.98 Å². The van der Waals surface area contributed by atoms with Crippen LogP contribution in [0.15, 0.2) is 72.4 Å². The molecule has 2 aliphatic heterocycles. The highest BCUT2D eigenvalue weighted by molar-refractivity contribution is 7.14. The number of fused-ring (bicyclic) bond motifs is 2. The van der Waals surface area contributed by atoms with Crippen molar-refractivity contribution < 1.29 is 9.18 Å². The lowest BCUT2D eigenvalue weighted by Crippen LogP contribution is -2.50. The van der Waals surface area contributed by atoms with Crippen molar-refractivity contribution in [1.29, 1.82) is 0 Å². The molecule has 0 saturated carbocycles. The molecule has 8 rings (SSSR count). The van der Waals surface area contributed by atoms with Gasteiger partial charge in [0.2, 0.25) is 5.91 Å². The van der Waals surface area contributed by atoms with Gasteiger partial charge in [-0.05, 0) is 42.0 Å². The topological polar surface area (TPSA) is 72.7 Å². The van der Waals surface area contributed by atoms with Crippen LogP contribution in [0.25, 0.3) is 22.0 Å². The highest BCUT2D eigenvalue weighted by atomic mass is 32.1. The third-order valence-corrected chi connectivity index (χ3v) is 8.24. The molecule has 3 aliphatic rings. The second kappa shape index (κ2) is 7.29. The summed E-state index contributed by atoms with van der Waals surface area (Å²) in [6.45, 7) is 2.01. The molecule has 0 spiro atoms. The zero-order valence-electron chi connectivity index (χ0n) is 18.8. The van der Waals surface area contributed by atoms with Crippen molar-refractivity contribution in [3.05, 3.63) is 95.1 Å². The van der Waals surface area contributed by atoms with Gasteiger partial charge in [0.25, 0.3) is 0 Å². The van der Waals surface area contributed by atoms with Crippen LogP contribution < -0.4 is 5.32 Å². The molecule has 3 aromatic carbocycles. The molecule has 0 fully saturated rings. The van der Waals surface area contributed by atoms with E-state index < -0.39 is 5.41 Å². The van der Waals surface area contributed by atoms with Crippen molar-refractivity contribution in [2.75, 3.05) is 5.32 Å². The second-order valence-corrected chi connectivity index (χ2v) is 10.3. The first-order valence-electron chi connectivity index (χ1n) is 11.5. The molecule has 1 aliphatic carbocycles. The van der Waals surface area contributed by atoms with Gasteiger partial charge < -0.3 is 9.88 Å². The van der Waals surface area contributed by atoms with Gasteiger partial charge in [0.05, 0.1) is 17.2 Å². The van der Waals surface area contributed by atoms with Gasteiger partial charge in [-0.25, -0.2) is 9.37 Å². The molecule has 3 atom stereocenters. The summed E-state index contributed by atoms with van der Waals surface area (Å²) < 4.78 is 16.3. The van der Waals surface area contributed by atoms with E-state index in [-0.39, 0.29) is 23.7 Å². The SMILES string of the molecule is CC1(C(=O)Nc2nc(-c3ccc(F)c4ccccc34)cs2)CC2c3ccccc3C1n1cnnc12. The van der Waals surface area contributed by atoms with Gasteiger partial charge in [-0.3, -0.25) is 4.79 Å². The van der Waals surface area contributed by atoms with Gasteiger partial charge in [0.15, 0.2) is 5.13 Å². The molecular weight excluding hydrogens is 461 g/mol. The Morgan fingerprint density at radius 3 is 2.71 bits per heavy atom. The van der Waals surface area contributed by atoms with Crippen molar-refractivity contribution in [3.63, 3.8) is 0 Å². The van der Waals surface area contributed by atoms with E-state index in [9.17, 15) is 9.18 Å². The first-order valence-corrected chi connectivity index (χ1v) is 12.4. The summed E-state index contributed by atoms with van der Waals surface area (Å²) in [5.41, 5.74) is 3.23. The average molecular weight is 482 g/mol. The molecule has 1 amide bonds. The van der Waals surface area contributed by atoms with E-state index in [1.807, 2.05) is 47.2 Å². The van der Waals surface area contributed by atoms with Gasteiger partial charge in [-0.2, -0.15) is 0 Å². The van der Waals surface area contributed by atoms with Crippen LogP contribution in [-0.2, 0) is 4.79 Å². The number of amides is 1. The van der Waals surface area contributed by atoms with Gasteiger partial charge in [-0.15, -0.1) is 21.5 Å². The summed E-state index contributed by atoms with van der Waals surface area (Å²) >= 11 is 1.37. The number of rotatable bonds is 3. The maximum Gasteiger partial charge on any atom is 0.234 e. The van der Waals surface area contributed by atoms with E-state index >= 15 is 0 Å². The Kier molecular flexibility index (Phi) is 4.26. The smallest absolute Gasteiger partial charge is 0.234 e. The van der Waals surface area contributed by atoms with Crippen LogP contribution in [-0.4, -0.2) is 25.7 Å². The number of benzene rings is 3. The van der Waals surface area contributed by atoms with Crippen molar-refractivity contribution in [3.8, 4) is 11.3 Å². The third kappa shape index (κ3) is 2.86. The fourth-order valence-corrected chi connectivity index (χ4v) is 6.56. The largest absolute Gasteiger partial charge is 0.308 e. The zero-order valence-corrected chi connectivity index (χ0v) is 19.6. The predicted octanol–water partition coefficient (Wildman–Crippen LogP) is 5.78. The monoisotopic (exact) mass is 481 g/mol. The molecule has 2 aromatic heterocycles. The number of thiazole rings is 1. The van der Waals surface area contributed by atoms with Gasteiger partial charge in [0.1, 0.15) is 18.0 Å². The van der Waals surface area contributed by atoms with Crippen molar-refractivity contribution >= 4 is 33.1 Å². The summed E-state index contributed by atoms with van der Waals surface area (Å²) in [6, 6.07) is 18.7. The molecule has 172 valence electrons. The van der Waals surface area contributed by atoms with Crippen LogP contribution >= 0.6 is 11.3 Å². The number of aromatic nitrogens is 4. The molecular formula is C27H20FN5OS. The van der Waals surface area contributed by atoms with Gasteiger partial charge in [0, 0.05) is 22.2 Å². The Labute approximate surface area is 204 Å². The number of hydrogen-bond donors (Lipinski definition) is 1. The van der Waals surface area contributed by atoms with Gasteiger partial charge in [-0.1, -0.05) is 48.5 Å². The van der Waals surface area contributed by atoms with E-state index in [1.165, 1.54) is 23.0 Å². The maximum atomic E-state index is 14.3. The van der Waals surface area contributed by atoms with Crippen molar-refractivity contribution in [1.82, 2.24) is 19.7 Å². The minimum absolute atomic E-state index is 0.0203. The van der Waals surface area contributed by atoms with Crippen LogP contribution in [0.5, 0.6) is 0 Å². The minimum Gasteiger partial charge on any atom is -0.308 e. The van der Waals surface area contributed by atoms with Gasteiger partial charge >= 0.3 is 0 Å². The lowest BCUT2D eigenvalue weighted by molar-refractivity contribution is -0.128. The molecule has 1 N–H and O–H groups in total. The van der Waals surface area contributed by atoms with Crippen LogP contribution in [0, 0.1) is 11.2 Å². The Hall–Kier alpha value is -3.91. The summed E-state index contributed by atoms with van der Waals surface area (Å²) in [4.78, 5) is 18.5. The van der Waals surface area contributed by atoms with E-state index in [2.05, 4.69) is 27.6 Å². The zero-order chi connectivity index (χ0) is 23.7. The molecule has 8 heteroatoms. The Morgan fingerprint density at radius 2 is 1.86 bits per heavy atom. The van der Waals surface area contributed by atoms with Crippen LogP contribution in [0.4, 0.5) is 9.52 Å². The number of nitrogens with one attached hydrogen (secondary N) is 1. The van der Waals surface area contributed by atoms with E-state index in [0.717, 1.165) is 22.3 Å². The molecule has 6 nitrogen and oxygen atoms in total. The lowest BCUT2D eigenvalue weighted by atomic mass is 9.61. The Morgan fingerprint density at radius 1 is 1.09 bits per heavy atom. The normalized spacial score (nSPS) is 22.1. The first kappa shape index (κ1) is 20.5. The minimum atomic E-state index is -0.692.